The van der Waals surface area contributed by atoms with Gasteiger partial charge in [0, 0.05) is 12.6 Å². The number of benzene rings is 1. The maximum atomic E-state index is 14.0. The van der Waals surface area contributed by atoms with Crippen LogP contribution in [0.4, 0.5) is 4.39 Å². The Bertz CT molecular complexity index is 640. The zero-order valence-corrected chi connectivity index (χ0v) is 13.9. The molecule has 0 saturated heterocycles. The van der Waals surface area contributed by atoms with Crippen molar-refractivity contribution in [1.82, 2.24) is 9.78 Å². The van der Waals surface area contributed by atoms with Crippen LogP contribution >= 0.6 is 15.9 Å². The molecule has 21 heavy (non-hydrogen) atoms. The Kier molecular flexibility index (Phi) is 5.00. The van der Waals surface area contributed by atoms with Crippen LogP contribution in [0.1, 0.15) is 36.8 Å². The third-order valence-electron chi connectivity index (χ3n) is 3.30. The van der Waals surface area contributed by atoms with Crippen LogP contribution < -0.4 is 10.5 Å². The van der Waals surface area contributed by atoms with E-state index in [1.165, 1.54) is 6.07 Å². The summed E-state index contributed by atoms with van der Waals surface area (Å²) in [4.78, 5) is 0. The van der Waals surface area contributed by atoms with Gasteiger partial charge in [-0.3, -0.25) is 4.68 Å². The molecule has 1 heterocycles. The minimum absolute atomic E-state index is 0.202. The van der Waals surface area contributed by atoms with Crippen molar-refractivity contribution in [3.63, 3.8) is 0 Å². The van der Waals surface area contributed by atoms with E-state index in [4.69, 9.17) is 10.5 Å². The third-order valence-corrected chi connectivity index (χ3v) is 4.33. The van der Waals surface area contributed by atoms with E-state index in [1.54, 1.807) is 12.1 Å². The molecule has 4 nitrogen and oxygen atoms in total. The number of halogens is 2. The van der Waals surface area contributed by atoms with Gasteiger partial charge in [0.2, 0.25) is 0 Å². The van der Waals surface area contributed by atoms with E-state index >= 15 is 0 Å². The fourth-order valence-electron chi connectivity index (χ4n) is 2.07. The molecule has 0 aliphatic carbocycles. The van der Waals surface area contributed by atoms with Crippen molar-refractivity contribution in [2.24, 2.45) is 5.73 Å². The van der Waals surface area contributed by atoms with Gasteiger partial charge < -0.3 is 10.5 Å². The highest BCUT2D eigenvalue weighted by atomic mass is 79.9. The Labute approximate surface area is 132 Å². The monoisotopic (exact) mass is 355 g/mol. The Morgan fingerprint density at radius 3 is 2.76 bits per heavy atom. The largest absolute Gasteiger partial charge is 0.484 e. The Morgan fingerprint density at radius 2 is 2.19 bits per heavy atom. The topological polar surface area (TPSA) is 53.1 Å². The van der Waals surface area contributed by atoms with Crippen LogP contribution in [0.3, 0.4) is 0 Å². The van der Waals surface area contributed by atoms with Gasteiger partial charge in [-0.2, -0.15) is 5.10 Å². The lowest BCUT2D eigenvalue weighted by Crippen LogP contribution is -2.08. The van der Waals surface area contributed by atoms with E-state index in [0.29, 0.717) is 0 Å². The summed E-state index contributed by atoms with van der Waals surface area (Å²) < 4.78 is 22.3. The van der Waals surface area contributed by atoms with Crippen molar-refractivity contribution in [2.45, 2.75) is 40.0 Å². The number of aromatic nitrogens is 2. The molecule has 2 N–H and O–H groups in total. The van der Waals surface area contributed by atoms with Crippen LogP contribution in [0.5, 0.6) is 5.75 Å². The van der Waals surface area contributed by atoms with Gasteiger partial charge in [0.15, 0.2) is 11.6 Å². The van der Waals surface area contributed by atoms with Crippen molar-refractivity contribution in [1.29, 1.82) is 0 Å². The normalized spacial score (nSPS) is 12.5. The Balaban J connectivity index is 2.17. The molecule has 0 aliphatic rings. The van der Waals surface area contributed by atoms with Gasteiger partial charge in [0.05, 0.1) is 15.9 Å². The van der Waals surface area contributed by atoms with Crippen molar-refractivity contribution >= 4 is 15.9 Å². The highest BCUT2D eigenvalue weighted by Gasteiger charge is 2.14. The zero-order valence-electron chi connectivity index (χ0n) is 12.4. The predicted molar refractivity (Wildman–Crippen MR) is 83.7 cm³/mol. The molecule has 6 heteroatoms. The van der Waals surface area contributed by atoms with Gasteiger partial charge in [-0.25, -0.2) is 4.39 Å². The van der Waals surface area contributed by atoms with Crippen LogP contribution in [0.15, 0.2) is 22.7 Å². The molecule has 2 aromatic rings. The molecule has 0 radical (unpaired) electrons. The Morgan fingerprint density at radius 1 is 1.48 bits per heavy atom. The summed E-state index contributed by atoms with van der Waals surface area (Å²) in [6.45, 7) is 6.72. The van der Waals surface area contributed by atoms with Crippen LogP contribution in [-0.4, -0.2) is 9.78 Å². The molecule has 1 atom stereocenters. The van der Waals surface area contributed by atoms with Gasteiger partial charge in [0.1, 0.15) is 6.61 Å². The van der Waals surface area contributed by atoms with Crippen molar-refractivity contribution in [3.8, 4) is 5.75 Å². The number of nitrogens with two attached hydrogens (primary N) is 1. The average Bonchev–Trinajstić information content (AvgIpc) is 2.72. The second kappa shape index (κ2) is 6.58. The summed E-state index contributed by atoms with van der Waals surface area (Å²) in [5, 5.41) is 4.38. The van der Waals surface area contributed by atoms with E-state index in [0.717, 1.165) is 28.0 Å². The quantitative estimate of drug-likeness (QED) is 0.889. The summed E-state index contributed by atoms with van der Waals surface area (Å²) in [6, 6.07) is 4.60. The van der Waals surface area contributed by atoms with E-state index in [-0.39, 0.29) is 18.4 Å². The zero-order chi connectivity index (χ0) is 15.6. The molecular weight excluding hydrogens is 337 g/mol. The molecule has 0 aliphatic heterocycles. The second-order valence-corrected chi connectivity index (χ2v) is 5.72. The van der Waals surface area contributed by atoms with Crippen molar-refractivity contribution in [2.75, 3.05) is 0 Å². The molecule has 1 aromatic carbocycles. The number of hydrogen-bond acceptors (Lipinski definition) is 3. The molecule has 0 amide bonds. The molecular formula is C15H19BrFN3O. The van der Waals surface area contributed by atoms with Gasteiger partial charge in [0.25, 0.3) is 0 Å². The first-order chi connectivity index (χ1) is 9.93. The standard InChI is InChI=1S/C15H19BrFN3O/c1-4-20-13(15(16)10(3)19-20)8-21-14-6-5-11(9(2)18)7-12(14)17/h5-7,9H,4,8,18H2,1-3H3. The smallest absolute Gasteiger partial charge is 0.165 e. The molecule has 1 unspecified atom stereocenters. The van der Waals surface area contributed by atoms with Gasteiger partial charge in [-0.1, -0.05) is 6.07 Å². The Hall–Kier alpha value is -1.40. The van der Waals surface area contributed by atoms with Crippen molar-refractivity contribution < 1.29 is 9.13 Å². The molecule has 1 aromatic heterocycles. The first-order valence-electron chi connectivity index (χ1n) is 6.83. The van der Waals surface area contributed by atoms with Gasteiger partial charge in [-0.15, -0.1) is 0 Å². The minimum Gasteiger partial charge on any atom is -0.484 e. The average molecular weight is 356 g/mol. The first kappa shape index (κ1) is 16.0. The molecule has 0 fully saturated rings. The minimum atomic E-state index is -0.403. The third kappa shape index (κ3) is 3.44. The number of aryl methyl sites for hydroxylation is 2. The van der Waals surface area contributed by atoms with E-state index < -0.39 is 5.82 Å². The summed E-state index contributed by atoms with van der Waals surface area (Å²) in [5.41, 5.74) is 8.26. The first-order valence-corrected chi connectivity index (χ1v) is 7.63. The maximum Gasteiger partial charge on any atom is 0.165 e. The predicted octanol–water partition coefficient (Wildman–Crippen LogP) is 3.71. The maximum absolute atomic E-state index is 14.0. The molecule has 2 rings (SSSR count). The second-order valence-electron chi connectivity index (χ2n) is 4.93. The van der Waals surface area contributed by atoms with Gasteiger partial charge >= 0.3 is 0 Å². The highest BCUT2D eigenvalue weighted by Crippen LogP contribution is 2.25. The van der Waals surface area contributed by atoms with Crippen LogP contribution in [0.2, 0.25) is 0 Å². The molecule has 0 bridgehead atoms. The summed E-state index contributed by atoms with van der Waals surface area (Å²) in [5.74, 6) is -0.187. The summed E-state index contributed by atoms with van der Waals surface area (Å²) >= 11 is 3.49. The number of ether oxygens (including phenoxy) is 1. The molecule has 0 spiro atoms. The number of nitrogens with zero attached hydrogens (tertiary/aromatic N) is 2. The van der Waals surface area contributed by atoms with Crippen LogP contribution in [0, 0.1) is 12.7 Å². The molecule has 0 saturated carbocycles. The highest BCUT2D eigenvalue weighted by molar-refractivity contribution is 9.10. The van der Waals surface area contributed by atoms with E-state index in [1.807, 2.05) is 25.5 Å². The summed E-state index contributed by atoms with van der Waals surface area (Å²) in [7, 11) is 0. The lowest BCUT2D eigenvalue weighted by atomic mass is 10.1. The van der Waals surface area contributed by atoms with Crippen LogP contribution in [-0.2, 0) is 13.2 Å². The van der Waals surface area contributed by atoms with Crippen LogP contribution in [0.25, 0.3) is 0 Å². The number of hydrogen-bond donors (Lipinski definition) is 1. The SMILES string of the molecule is CCn1nc(C)c(Br)c1COc1ccc(C(C)N)cc1F. The lowest BCUT2D eigenvalue weighted by molar-refractivity contribution is 0.277. The lowest BCUT2D eigenvalue weighted by Gasteiger charge is -2.11. The van der Waals surface area contributed by atoms with E-state index in [2.05, 4.69) is 21.0 Å². The van der Waals surface area contributed by atoms with E-state index in [9.17, 15) is 4.39 Å². The van der Waals surface area contributed by atoms with Gasteiger partial charge in [-0.05, 0) is 54.4 Å². The number of rotatable bonds is 5. The fraction of sp³-hybridized carbons (Fsp3) is 0.400. The fourth-order valence-corrected chi connectivity index (χ4v) is 2.47. The van der Waals surface area contributed by atoms with Crippen molar-refractivity contribution in [3.05, 3.63) is 45.4 Å². The summed E-state index contributed by atoms with van der Waals surface area (Å²) in [6.07, 6.45) is 0. The molecule has 114 valence electrons.